The molecule has 4 aliphatic rings. The Hall–Kier alpha value is -6.42. The molecule has 0 aliphatic carbocycles. The number of urea groups is 2. The van der Waals surface area contributed by atoms with Crippen molar-refractivity contribution in [2.75, 3.05) is 62.3 Å². The van der Waals surface area contributed by atoms with Crippen LogP contribution in [-0.2, 0) is 19.2 Å². The number of carbonyl (C=O) groups is 6. The fraction of sp³-hybridized carbons (Fsp3) is 0.370. The van der Waals surface area contributed by atoms with Crippen LogP contribution in [0, 0.1) is 27.0 Å². The number of anilines is 2. The number of para-hydroxylation sites is 2. The average molecular weight is 1110 g/mol. The Morgan fingerprint density at radius 2 is 0.944 bits per heavy atom. The molecule has 4 aromatic rings. The van der Waals surface area contributed by atoms with Crippen LogP contribution >= 0.6 is 22.6 Å². The van der Waals surface area contributed by atoms with E-state index in [4.69, 9.17) is 15.9 Å². The van der Waals surface area contributed by atoms with Crippen molar-refractivity contribution in [3.05, 3.63) is 118 Å². The van der Waals surface area contributed by atoms with Gasteiger partial charge in [0.2, 0.25) is 0 Å². The summed E-state index contributed by atoms with van der Waals surface area (Å²) in [5.41, 5.74) is 8.20. The summed E-state index contributed by atoms with van der Waals surface area (Å²) in [5.74, 6) is 3.92. The molecule has 0 atom stereocenters. The summed E-state index contributed by atoms with van der Waals surface area (Å²) in [4.78, 5) is 85.2. The topological polar surface area (TPSA) is 140 Å². The highest BCUT2D eigenvalue weighted by Gasteiger charge is 2.43. The first kappa shape index (κ1) is 53.9. The fourth-order valence-corrected chi connectivity index (χ4v) is 8.90. The van der Waals surface area contributed by atoms with Crippen molar-refractivity contribution in [1.29, 1.82) is 0 Å². The maximum Gasteiger partial charge on any atom is 0.332 e. The second-order valence-corrected chi connectivity index (χ2v) is 30.4. The number of hydrogen-bond donors (Lipinski definition) is 0. The molecule has 4 saturated heterocycles. The van der Waals surface area contributed by atoms with Crippen molar-refractivity contribution >= 4 is 85.8 Å². The zero-order chi connectivity index (χ0) is 51.3. The molecule has 372 valence electrons. The van der Waals surface area contributed by atoms with E-state index in [0.29, 0.717) is 74.7 Å². The summed E-state index contributed by atoms with van der Waals surface area (Å²) in [6, 6.07) is 32.3. The van der Waals surface area contributed by atoms with Crippen molar-refractivity contribution < 1.29 is 38.2 Å². The smallest absolute Gasteiger partial charge is 0.332 e. The van der Waals surface area contributed by atoms with Gasteiger partial charge in [-0.05, 0) is 121 Å². The third-order valence-corrected chi connectivity index (χ3v) is 14.4. The monoisotopic (exact) mass is 1110 g/mol. The number of amides is 8. The summed E-state index contributed by atoms with van der Waals surface area (Å²) < 4.78 is 12.4. The van der Waals surface area contributed by atoms with Gasteiger partial charge in [0.05, 0.1) is 11.4 Å². The molecule has 4 fully saturated rings. The summed E-state index contributed by atoms with van der Waals surface area (Å²) in [7, 11) is -2.53. The van der Waals surface area contributed by atoms with Crippen molar-refractivity contribution in [3.8, 4) is 34.9 Å². The quantitative estimate of drug-likeness (QED) is 0.0668. The molecule has 0 bridgehead atoms. The Balaban J connectivity index is 0.000000210. The molecular formula is C54H63IN6O8Si2. The highest BCUT2D eigenvalue weighted by molar-refractivity contribution is 14.1. The van der Waals surface area contributed by atoms with Gasteiger partial charge in [-0.15, -0.1) is 17.5 Å². The highest BCUT2D eigenvalue weighted by atomic mass is 127. The number of terminal acetylenes is 1. The van der Waals surface area contributed by atoms with Crippen LogP contribution in [0.3, 0.4) is 0 Å². The number of likely N-dealkylation sites (tertiary alicyclic amines) is 2. The Bertz CT molecular complexity index is 2610. The molecule has 0 N–H and O–H groups in total. The van der Waals surface area contributed by atoms with Crippen LogP contribution in [0.5, 0.6) is 11.5 Å². The first-order chi connectivity index (χ1) is 33.8. The minimum absolute atomic E-state index is 0.00578. The van der Waals surface area contributed by atoms with Gasteiger partial charge in [0.15, 0.2) is 13.2 Å². The number of hydrogen-bond acceptors (Lipinski definition) is 8. The molecule has 17 heteroatoms. The third-order valence-electron chi connectivity index (χ3n) is 11.9. The van der Waals surface area contributed by atoms with Crippen LogP contribution in [0.2, 0.25) is 39.3 Å². The first-order valence-corrected chi connectivity index (χ1v) is 31.9. The zero-order valence-electron chi connectivity index (χ0n) is 41.4. The number of rotatable bonds is 10. The molecule has 8 rings (SSSR count). The fourth-order valence-electron chi connectivity index (χ4n) is 8.02. The predicted molar refractivity (Wildman–Crippen MR) is 290 cm³/mol. The number of ether oxygens (including phenoxy) is 2. The molecule has 4 aromatic carbocycles. The Morgan fingerprint density at radius 1 is 0.577 bits per heavy atom. The average Bonchev–Trinajstić information content (AvgIpc) is 3.84. The van der Waals surface area contributed by atoms with Gasteiger partial charge in [0.1, 0.15) is 40.7 Å². The van der Waals surface area contributed by atoms with Crippen LogP contribution in [0.15, 0.2) is 109 Å². The van der Waals surface area contributed by atoms with Crippen molar-refractivity contribution in [2.24, 2.45) is 0 Å². The molecule has 4 heterocycles. The maximum atomic E-state index is 12.9. The lowest BCUT2D eigenvalue weighted by Gasteiger charge is -2.36. The highest BCUT2D eigenvalue weighted by Crippen LogP contribution is 2.28. The molecule has 0 unspecified atom stereocenters. The molecule has 4 aliphatic heterocycles. The minimum atomic E-state index is -1.43. The van der Waals surface area contributed by atoms with E-state index in [9.17, 15) is 28.8 Å². The van der Waals surface area contributed by atoms with Gasteiger partial charge >= 0.3 is 12.1 Å². The van der Waals surface area contributed by atoms with Crippen molar-refractivity contribution in [1.82, 2.24) is 19.6 Å². The van der Waals surface area contributed by atoms with E-state index in [1.165, 1.54) is 9.80 Å². The van der Waals surface area contributed by atoms with E-state index in [1.807, 2.05) is 72.8 Å². The number of piperidine rings is 2. The molecule has 14 nitrogen and oxygen atoms in total. The number of carbonyl (C=O) groups excluding carboxylic acids is 6. The largest absolute Gasteiger partial charge is 0.484 e. The van der Waals surface area contributed by atoms with Crippen molar-refractivity contribution in [2.45, 2.75) is 77.0 Å². The molecule has 0 saturated carbocycles. The van der Waals surface area contributed by atoms with Crippen molar-refractivity contribution in [3.63, 3.8) is 0 Å². The van der Waals surface area contributed by atoms with Crippen LogP contribution in [-0.4, -0.2) is 136 Å². The summed E-state index contributed by atoms with van der Waals surface area (Å²) >= 11 is 2.22. The number of imide groups is 2. The SMILES string of the molecule is C#C[Si](C)(C)C.C[Si](C)(C)C#Cc1ccc(OCC(=O)N2CCC(N3CC(=O)N(c4ccccc4)C3=O)CC2)cc1.O=C(COc1ccc(I)cc1)N1CCC(N2CC(=O)N(c3ccccc3)C2=O)CC1. The second-order valence-electron chi connectivity index (χ2n) is 19.6. The Labute approximate surface area is 433 Å². The Morgan fingerprint density at radius 3 is 1.30 bits per heavy atom. The Kier molecular flexibility index (Phi) is 18.7. The van der Waals surface area contributed by atoms with Gasteiger partial charge in [-0.25, -0.2) is 19.4 Å². The van der Waals surface area contributed by atoms with Gasteiger partial charge in [-0.3, -0.25) is 19.2 Å². The van der Waals surface area contributed by atoms with Gasteiger partial charge in [-0.1, -0.05) is 81.6 Å². The maximum absolute atomic E-state index is 12.9. The molecular weight excluding hydrogens is 1040 g/mol. The van der Waals surface area contributed by atoms with Gasteiger partial charge in [0, 0.05) is 47.4 Å². The van der Waals surface area contributed by atoms with E-state index in [-0.39, 0.29) is 74.1 Å². The third kappa shape index (κ3) is 15.5. The van der Waals surface area contributed by atoms with Crippen LogP contribution in [0.4, 0.5) is 21.0 Å². The molecule has 71 heavy (non-hydrogen) atoms. The normalized spacial score (nSPS) is 16.6. The lowest BCUT2D eigenvalue weighted by molar-refractivity contribution is -0.135. The van der Waals surface area contributed by atoms with Gasteiger partial charge in [-0.2, -0.15) is 0 Å². The lowest BCUT2D eigenvalue weighted by atomic mass is 10.0. The second kappa shape index (κ2) is 24.6. The van der Waals surface area contributed by atoms with Crippen LogP contribution in [0.25, 0.3) is 0 Å². The number of nitrogens with zero attached hydrogens (tertiary/aromatic N) is 6. The predicted octanol–water partition coefficient (Wildman–Crippen LogP) is 8.38. The standard InChI is InChI=1S/C27H31N3O4Si.C22H22IN3O4.C5H10Si/c1-35(2,3)18-15-21-9-11-24(12-10-21)34-20-26(32)28-16-13-22(14-17-28)29-19-25(31)30(27(29)33)23-7-5-4-6-8-23;23-16-6-8-19(9-7-16)30-15-21(28)24-12-10-17(11-13-24)25-14-20(27)26(22(25)29)18-4-2-1-3-5-18;1-5-6(2,3)4/h4-12,22H,13-14,16-17,19-20H2,1-3H3;1-9,17H,10-15H2;1H,2-4H3. The molecule has 0 spiro atoms. The number of benzene rings is 4. The van der Waals surface area contributed by atoms with Crippen LogP contribution < -0.4 is 19.3 Å². The first-order valence-electron chi connectivity index (χ1n) is 23.8. The number of halogens is 1. The van der Waals surface area contributed by atoms with E-state index >= 15 is 0 Å². The van der Waals surface area contributed by atoms with Gasteiger partial charge in [0.25, 0.3) is 23.6 Å². The summed E-state index contributed by atoms with van der Waals surface area (Å²) in [5, 5.41) is 0. The van der Waals surface area contributed by atoms with Gasteiger partial charge < -0.3 is 29.1 Å². The van der Waals surface area contributed by atoms with Crippen LogP contribution in [0.1, 0.15) is 31.2 Å². The van der Waals surface area contributed by atoms with E-state index in [2.05, 4.69) is 78.9 Å². The summed E-state index contributed by atoms with van der Waals surface area (Å²) in [6.07, 6.45) is 7.69. The molecule has 8 amide bonds. The molecule has 0 radical (unpaired) electrons. The van der Waals surface area contributed by atoms with E-state index < -0.39 is 16.1 Å². The summed E-state index contributed by atoms with van der Waals surface area (Å²) in [6.45, 7) is 15.3. The minimum Gasteiger partial charge on any atom is -0.484 e. The lowest BCUT2D eigenvalue weighted by Crippen LogP contribution is -2.49. The van der Waals surface area contributed by atoms with E-state index in [1.54, 1.807) is 56.0 Å². The zero-order valence-corrected chi connectivity index (χ0v) is 45.6. The van der Waals surface area contributed by atoms with E-state index in [0.717, 1.165) is 9.13 Å². The molecule has 0 aromatic heterocycles.